The molecule has 2 aromatic rings. The van der Waals surface area contributed by atoms with Crippen molar-refractivity contribution in [2.45, 2.75) is 19.3 Å². The van der Waals surface area contributed by atoms with E-state index in [-0.39, 0.29) is 0 Å². The highest BCUT2D eigenvalue weighted by Gasteiger charge is 2.07. The molecule has 21 heavy (non-hydrogen) atoms. The summed E-state index contributed by atoms with van der Waals surface area (Å²) in [5.41, 5.74) is 3.09. The summed E-state index contributed by atoms with van der Waals surface area (Å²) in [6.45, 7) is 0. The van der Waals surface area contributed by atoms with Crippen molar-refractivity contribution in [1.82, 2.24) is 0 Å². The Morgan fingerprint density at radius 2 is 1.05 bits per heavy atom. The summed E-state index contributed by atoms with van der Waals surface area (Å²) >= 11 is 0. The van der Waals surface area contributed by atoms with E-state index in [1.807, 2.05) is 60.7 Å². The highest BCUT2D eigenvalue weighted by atomic mass is 16.4. The van der Waals surface area contributed by atoms with Crippen LogP contribution >= 0.6 is 0 Å². The zero-order valence-corrected chi connectivity index (χ0v) is 11.7. The van der Waals surface area contributed by atoms with E-state index in [0.717, 1.165) is 17.5 Å². The largest absolute Gasteiger partial charge is 0.411 e. The minimum atomic E-state index is 0.617. The van der Waals surface area contributed by atoms with Gasteiger partial charge in [0.2, 0.25) is 0 Å². The van der Waals surface area contributed by atoms with Crippen molar-refractivity contribution in [1.29, 1.82) is 0 Å². The smallest absolute Gasteiger partial charge is 0.0867 e. The van der Waals surface area contributed by atoms with Gasteiger partial charge in [0.05, 0.1) is 11.4 Å². The van der Waals surface area contributed by atoms with Crippen LogP contribution in [0.5, 0.6) is 0 Å². The maximum absolute atomic E-state index is 9.13. The van der Waals surface area contributed by atoms with Crippen molar-refractivity contribution in [3.8, 4) is 0 Å². The third kappa shape index (κ3) is 4.18. The van der Waals surface area contributed by atoms with E-state index in [9.17, 15) is 0 Å². The second-order valence-corrected chi connectivity index (χ2v) is 4.68. The van der Waals surface area contributed by atoms with E-state index in [4.69, 9.17) is 10.4 Å². The van der Waals surface area contributed by atoms with Gasteiger partial charge in [0.1, 0.15) is 0 Å². The second-order valence-electron chi connectivity index (χ2n) is 4.68. The monoisotopic (exact) mass is 282 g/mol. The summed E-state index contributed by atoms with van der Waals surface area (Å²) in [5, 5.41) is 25.0. The lowest BCUT2D eigenvalue weighted by Gasteiger charge is -2.06. The zero-order valence-electron chi connectivity index (χ0n) is 11.7. The van der Waals surface area contributed by atoms with Gasteiger partial charge < -0.3 is 10.4 Å². The average molecular weight is 282 g/mol. The third-order valence-electron chi connectivity index (χ3n) is 3.28. The molecule has 0 saturated carbocycles. The molecule has 0 unspecified atom stereocenters. The maximum atomic E-state index is 9.13. The molecule has 0 amide bonds. The Kier molecular flexibility index (Phi) is 5.52. The summed E-state index contributed by atoms with van der Waals surface area (Å²) in [6, 6.07) is 19.1. The summed E-state index contributed by atoms with van der Waals surface area (Å²) < 4.78 is 0. The van der Waals surface area contributed by atoms with Gasteiger partial charge in [-0.2, -0.15) is 0 Å². The van der Waals surface area contributed by atoms with E-state index in [1.165, 1.54) is 0 Å². The van der Waals surface area contributed by atoms with Crippen LogP contribution < -0.4 is 0 Å². The quantitative estimate of drug-likeness (QED) is 0.479. The molecule has 108 valence electrons. The normalized spacial score (nSPS) is 12.4. The van der Waals surface area contributed by atoms with Crippen molar-refractivity contribution in [3.63, 3.8) is 0 Å². The van der Waals surface area contributed by atoms with Crippen LogP contribution in [0.25, 0.3) is 0 Å². The lowest BCUT2D eigenvalue weighted by molar-refractivity contribution is 0.317. The van der Waals surface area contributed by atoms with E-state index in [1.54, 1.807) is 0 Å². The zero-order chi connectivity index (χ0) is 14.9. The molecular weight excluding hydrogens is 264 g/mol. The minimum Gasteiger partial charge on any atom is -0.411 e. The van der Waals surface area contributed by atoms with Gasteiger partial charge in [0, 0.05) is 0 Å². The van der Waals surface area contributed by atoms with Gasteiger partial charge in [-0.15, -0.1) is 0 Å². The predicted octanol–water partition coefficient (Wildman–Crippen LogP) is 3.91. The molecule has 0 radical (unpaired) electrons. The van der Waals surface area contributed by atoms with Crippen LogP contribution in [0.1, 0.15) is 30.4 Å². The minimum absolute atomic E-state index is 0.617. The Labute approximate surface area is 124 Å². The van der Waals surface area contributed by atoms with Crippen molar-refractivity contribution in [2.75, 3.05) is 0 Å². The van der Waals surface area contributed by atoms with Gasteiger partial charge in [-0.1, -0.05) is 71.0 Å². The summed E-state index contributed by atoms with van der Waals surface area (Å²) in [5.74, 6) is 0. The van der Waals surface area contributed by atoms with Crippen LogP contribution in [0.15, 0.2) is 71.0 Å². The molecule has 0 fully saturated rings. The first-order chi connectivity index (χ1) is 10.3. The number of rotatable bonds is 6. The van der Waals surface area contributed by atoms with Crippen molar-refractivity contribution >= 4 is 11.4 Å². The Balaban J connectivity index is 1.94. The highest BCUT2D eigenvalue weighted by molar-refractivity contribution is 6.02. The van der Waals surface area contributed by atoms with Crippen molar-refractivity contribution in [2.24, 2.45) is 10.3 Å². The summed E-state index contributed by atoms with van der Waals surface area (Å²) in [4.78, 5) is 0. The molecule has 0 aliphatic carbocycles. The van der Waals surface area contributed by atoms with Crippen LogP contribution in [-0.4, -0.2) is 21.8 Å². The molecule has 0 saturated heterocycles. The molecule has 2 rings (SSSR count). The molecular formula is C17H18N2O2. The van der Waals surface area contributed by atoms with Crippen LogP contribution in [0.2, 0.25) is 0 Å². The molecule has 4 heteroatoms. The number of oxime groups is 2. The molecule has 0 aliphatic rings. The molecule has 0 aliphatic heterocycles. The molecule has 4 nitrogen and oxygen atoms in total. The van der Waals surface area contributed by atoms with Crippen LogP contribution in [0.4, 0.5) is 0 Å². The first-order valence-electron chi connectivity index (χ1n) is 6.88. The van der Waals surface area contributed by atoms with Gasteiger partial charge in [0.25, 0.3) is 0 Å². The standard InChI is InChI=1S/C17H18N2O2/c20-18-16(14-8-3-1-4-9-14)12-7-13-17(19-21)15-10-5-2-6-11-15/h1-6,8-11,20-21H,7,12-13H2. The third-order valence-corrected chi connectivity index (χ3v) is 3.28. The first-order valence-corrected chi connectivity index (χ1v) is 6.88. The van der Waals surface area contributed by atoms with Crippen molar-refractivity contribution in [3.05, 3.63) is 71.8 Å². The Hall–Kier alpha value is -2.62. The lowest BCUT2D eigenvalue weighted by atomic mass is 10.0. The van der Waals surface area contributed by atoms with Crippen LogP contribution in [0, 0.1) is 0 Å². The molecule has 2 N–H and O–H groups in total. The molecule has 2 aromatic carbocycles. The fraction of sp³-hybridized carbons (Fsp3) is 0.176. The van der Waals surface area contributed by atoms with Crippen LogP contribution in [-0.2, 0) is 0 Å². The topological polar surface area (TPSA) is 65.2 Å². The number of hydrogen-bond donors (Lipinski definition) is 2. The van der Waals surface area contributed by atoms with Gasteiger partial charge in [-0.3, -0.25) is 0 Å². The second kappa shape index (κ2) is 7.85. The van der Waals surface area contributed by atoms with Crippen LogP contribution in [0.3, 0.4) is 0 Å². The Bertz CT molecular complexity index is 552. The molecule has 0 spiro atoms. The number of benzene rings is 2. The SMILES string of the molecule is ON=C(CCCC(=NO)c1ccccc1)c1ccccc1. The Morgan fingerprint density at radius 1 is 0.667 bits per heavy atom. The summed E-state index contributed by atoms with van der Waals surface area (Å²) in [7, 11) is 0. The predicted molar refractivity (Wildman–Crippen MR) is 83.4 cm³/mol. The lowest BCUT2D eigenvalue weighted by Crippen LogP contribution is -2.05. The fourth-order valence-corrected chi connectivity index (χ4v) is 2.19. The number of nitrogens with zero attached hydrogens (tertiary/aromatic N) is 2. The van der Waals surface area contributed by atoms with Gasteiger partial charge >= 0.3 is 0 Å². The average Bonchev–Trinajstić information content (AvgIpc) is 2.57. The van der Waals surface area contributed by atoms with E-state index < -0.39 is 0 Å². The van der Waals surface area contributed by atoms with E-state index >= 15 is 0 Å². The first kappa shape index (κ1) is 14.8. The molecule has 0 atom stereocenters. The van der Waals surface area contributed by atoms with Gasteiger partial charge in [-0.25, -0.2) is 0 Å². The fourth-order valence-electron chi connectivity index (χ4n) is 2.19. The molecule has 0 aromatic heterocycles. The summed E-state index contributed by atoms with van der Waals surface area (Å²) in [6.07, 6.45) is 1.97. The van der Waals surface area contributed by atoms with E-state index in [0.29, 0.717) is 24.3 Å². The molecule has 0 bridgehead atoms. The van der Waals surface area contributed by atoms with E-state index in [2.05, 4.69) is 10.3 Å². The van der Waals surface area contributed by atoms with Gasteiger partial charge in [-0.05, 0) is 30.4 Å². The maximum Gasteiger partial charge on any atom is 0.0867 e. The molecule has 0 heterocycles. The highest BCUT2D eigenvalue weighted by Crippen LogP contribution is 2.12. The van der Waals surface area contributed by atoms with Gasteiger partial charge in [0.15, 0.2) is 0 Å². The number of hydrogen-bond acceptors (Lipinski definition) is 4. The Morgan fingerprint density at radius 3 is 1.38 bits per heavy atom. The van der Waals surface area contributed by atoms with Crippen molar-refractivity contribution < 1.29 is 10.4 Å².